The lowest BCUT2D eigenvalue weighted by Gasteiger charge is -2.15. The van der Waals surface area contributed by atoms with Crippen molar-refractivity contribution in [3.63, 3.8) is 0 Å². The van der Waals surface area contributed by atoms with Gasteiger partial charge in [-0.05, 0) is 31.2 Å². The maximum Gasteiger partial charge on any atom is 0.261 e. The predicted octanol–water partition coefficient (Wildman–Crippen LogP) is 3.71. The fourth-order valence-corrected chi connectivity index (χ4v) is 4.11. The van der Waals surface area contributed by atoms with Crippen molar-refractivity contribution in [1.29, 1.82) is 0 Å². The van der Waals surface area contributed by atoms with Crippen molar-refractivity contribution in [2.24, 2.45) is 0 Å². The van der Waals surface area contributed by atoms with Crippen LogP contribution in [-0.4, -0.2) is 35.2 Å². The lowest BCUT2D eigenvalue weighted by atomic mass is 10.1. The van der Waals surface area contributed by atoms with Crippen molar-refractivity contribution < 1.29 is 14.3 Å². The summed E-state index contributed by atoms with van der Waals surface area (Å²) in [6, 6.07) is 16.6. The predicted molar refractivity (Wildman–Crippen MR) is 112 cm³/mol. The van der Waals surface area contributed by atoms with Crippen molar-refractivity contribution in [2.45, 2.75) is 19.3 Å². The third kappa shape index (κ3) is 4.12. The van der Waals surface area contributed by atoms with Gasteiger partial charge in [0.2, 0.25) is 11.0 Å². The van der Waals surface area contributed by atoms with Crippen LogP contribution in [0.5, 0.6) is 5.75 Å². The second-order valence-electron chi connectivity index (χ2n) is 6.57. The van der Waals surface area contributed by atoms with E-state index >= 15 is 0 Å². The smallest absolute Gasteiger partial charge is 0.261 e. The van der Waals surface area contributed by atoms with Crippen LogP contribution in [0.1, 0.15) is 34.6 Å². The highest BCUT2D eigenvalue weighted by Gasteiger charge is 2.34. The minimum Gasteiger partial charge on any atom is -0.493 e. The van der Waals surface area contributed by atoms with Crippen LogP contribution in [0.15, 0.2) is 54.6 Å². The largest absolute Gasteiger partial charge is 0.493 e. The zero-order chi connectivity index (χ0) is 20.2. The van der Waals surface area contributed by atoms with Gasteiger partial charge in [-0.2, -0.15) is 0 Å². The van der Waals surface area contributed by atoms with Crippen LogP contribution in [0.3, 0.4) is 0 Å². The standard InChI is InChI=1S/C21H20N4O3S/c1-2-28-17-11-7-6-10-16(17)19(27)22-21-24-23-20(29-21)14-12-18(26)25(13-14)15-8-4-3-5-9-15/h3-11,14H,2,12-13H2,1H3,(H,22,24,27)/t14-/m0/s1. The van der Waals surface area contributed by atoms with Gasteiger partial charge in [-0.1, -0.05) is 41.7 Å². The first-order valence-corrected chi connectivity index (χ1v) is 10.2. The molecule has 0 unspecified atom stereocenters. The van der Waals surface area contributed by atoms with Gasteiger partial charge in [-0.15, -0.1) is 10.2 Å². The monoisotopic (exact) mass is 408 g/mol. The van der Waals surface area contributed by atoms with Gasteiger partial charge in [0.1, 0.15) is 10.8 Å². The topological polar surface area (TPSA) is 84.4 Å². The van der Waals surface area contributed by atoms with Gasteiger partial charge in [-0.3, -0.25) is 14.9 Å². The molecule has 8 heteroatoms. The number of nitrogens with zero attached hydrogens (tertiary/aromatic N) is 3. The minimum atomic E-state index is -0.301. The zero-order valence-electron chi connectivity index (χ0n) is 15.9. The zero-order valence-corrected chi connectivity index (χ0v) is 16.7. The summed E-state index contributed by atoms with van der Waals surface area (Å²) >= 11 is 1.30. The molecule has 0 aliphatic carbocycles. The third-order valence-electron chi connectivity index (χ3n) is 4.63. The molecule has 148 valence electrons. The Hall–Kier alpha value is -3.26. The number of aromatic nitrogens is 2. The normalized spacial score (nSPS) is 16.1. The molecule has 1 atom stereocenters. The Bertz CT molecular complexity index is 1020. The maximum absolute atomic E-state index is 12.6. The third-order valence-corrected chi connectivity index (χ3v) is 5.64. The summed E-state index contributed by atoms with van der Waals surface area (Å²) in [6.07, 6.45) is 0.380. The Balaban J connectivity index is 1.45. The molecule has 1 aliphatic heterocycles. The summed E-state index contributed by atoms with van der Waals surface area (Å²) in [5.41, 5.74) is 1.32. The molecule has 0 radical (unpaired) electrons. The number of nitrogens with one attached hydrogen (secondary N) is 1. The van der Waals surface area contributed by atoms with Crippen molar-refractivity contribution >= 4 is 34.0 Å². The van der Waals surface area contributed by atoms with Crippen LogP contribution in [0.25, 0.3) is 0 Å². The van der Waals surface area contributed by atoms with Gasteiger partial charge < -0.3 is 9.64 Å². The SMILES string of the molecule is CCOc1ccccc1C(=O)Nc1nnc([C@H]2CC(=O)N(c3ccccc3)C2)s1. The van der Waals surface area contributed by atoms with Crippen molar-refractivity contribution in [2.75, 3.05) is 23.4 Å². The lowest BCUT2D eigenvalue weighted by molar-refractivity contribution is -0.117. The molecule has 2 heterocycles. The Labute approximate surface area is 172 Å². The van der Waals surface area contributed by atoms with E-state index in [9.17, 15) is 9.59 Å². The van der Waals surface area contributed by atoms with Crippen LogP contribution >= 0.6 is 11.3 Å². The fraction of sp³-hybridized carbons (Fsp3) is 0.238. The van der Waals surface area contributed by atoms with E-state index in [2.05, 4.69) is 15.5 Å². The van der Waals surface area contributed by atoms with Gasteiger partial charge in [0.05, 0.1) is 12.2 Å². The van der Waals surface area contributed by atoms with E-state index in [1.54, 1.807) is 23.1 Å². The highest BCUT2D eigenvalue weighted by molar-refractivity contribution is 7.15. The quantitative estimate of drug-likeness (QED) is 0.672. The van der Waals surface area contributed by atoms with E-state index < -0.39 is 0 Å². The molecule has 29 heavy (non-hydrogen) atoms. The maximum atomic E-state index is 12.6. The van der Waals surface area contributed by atoms with Crippen LogP contribution in [0, 0.1) is 0 Å². The molecule has 1 fully saturated rings. The van der Waals surface area contributed by atoms with Crippen molar-refractivity contribution in [3.8, 4) is 5.75 Å². The lowest BCUT2D eigenvalue weighted by Crippen LogP contribution is -2.24. The van der Waals surface area contributed by atoms with Crippen molar-refractivity contribution in [3.05, 3.63) is 65.2 Å². The second-order valence-corrected chi connectivity index (χ2v) is 7.58. The van der Waals surface area contributed by atoms with E-state index in [4.69, 9.17) is 4.74 Å². The summed E-state index contributed by atoms with van der Waals surface area (Å²) < 4.78 is 5.51. The van der Waals surface area contributed by atoms with Gasteiger partial charge in [0, 0.05) is 24.6 Å². The molecule has 0 spiro atoms. The highest BCUT2D eigenvalue weighted by Crippen LogP contribution is 2.34. The van der Waals surface area contributed by atoms with Gasteiger partial charge >= 0.3 is 0 Å². The van der Waals surface area contributed by atoms with Crippen LogP contribution in [0.2, 0.25) is 0 Å². The fourth-order valence-electron chi connectivity index (χ4n) is 3.28. The molecule has 1 aliphatic rings. The van der Waals surface area contributed by atoms with E-state index in [-0.39, 0.29) is 17.7 Å². The summed E-state index contributed by atoms with van der Waals surface area (Å²) in [5.74, 6) is 0.247. The number of rotatable bonds is 6. The van der Waals surface area contributed by atoms with E-state index in [1.807, 2.05) is 43.3 Å². The second kappa shape index (κ2) is 8.40. The molecule has 3 aromatic rings. The Morgan fingerprint density at radius 1 is 1.17 bits per heavy atom. The number of hydrogen-bond donors (Lipinski definition) is 1. The number of hydrogen-bond acceptors (Lipinski definition) is 6. The summed E-state index contributed by atoms with van der Waals surface area (Å²) in [5, 5.41) is 12.2. The molecule has 1 saturated heterocycles. The first-order chi connectivity index (χ1) is 14.2. The average Bonchev–Trinajstić information content (AvgIpc) is 3.36. The molecule has 1 N–H and O–H groups in total. The molecule has 2 aromatic carbocycles. The van der Waals surface area contributed by atoms with E-state index in [0.29, 0.717) is 36.0 Å². The first-order valence-electron chi connectivity index (χ1n) is 9.37. The van der Waals surface area contributed by atoms with Gasteiger partial charge in [0.15, 0.2) is 0 Å². The molecule has 7 nitrogen and oxygen atoms in total. The van der Waals surface area contributed by atoms with Crippen LogP contribution in [-0.2, 0) is 4.79 Å². The molecule has 1 aromatic heterocycles. The number of anilines is 2. The Morgan fingerprint density at radius 3 is 2.72 bits per heavy atom. The average molecular weight is 408 g/mol. The Kier molecular flexibility index (Phi) is 5.53. The molecule has 2 amide bonds. The minimum absolute atomic E-state index is 0.0402. The summed E-state index contributed by atoms with van der Waals surface area (Å²) in [4.78, 5) is 26.8. The molecular formula is C21H20N4O3S. The van der Waals surface area contributed by atoms with Crippen LogP contribution in [0.4, 0.5) is 10.8 Å². The highest BCUT2D eigenvalue weighted by atomic mass is 32.1. The molecular weight excluding hydrogens is 388 g/mol. The number of para-hydroxylation sites is 2. The molecule has 4 rings (SSSR count). The van der Waals surface area contributed by atoms with Gasteiger partial charge in [0.25, 0.3) is 5.91 Å². The van der Waals surface area contributed by atoms with E-state index in [0.717, 1.165) is 10.7 Å². The number of benzene rings is 2. The number of carbonyl (C=O) groups excluding carboxylic acids is 2. The number of ether oxygens (including phenoxy) is 1. The number of carbonyl (C=O) groups is 2. The number of amides is 2. The Morgan fingerprint density at radius 2 is 1.93 bits per heavy atom. The molecule has 0 bridgehead atoms. The van der Waals surface area contributed by atoms with Crippen molar-refractivity contribution in [1.82, 2.24) is 10.2 Å². The van der Waals surface area contributed by atoms with E-state index in [1.165, 1.54) is 11.3 Å². The summed E-state index contributed by atoms with van der Waals surface area (Å²) in [7, 11) is 0. The van der Waals surface area contributed by atoms with Crippen LogP contribution < -0.4 is 15.0 Å². The molecule has 0 saturated carbocycles. The van der Waals surface area contributed by atoms with Gasteiger partial charge in [-0.25, -0.2) is 0 Å². The summed E-state index contributed by atoms with van der Waals surface area (Å²) in [6.45, 7) is 2.90. The first kappa shape index (κ1) is 19.1.